The Bertz CT molecular complexity index is 2650. The second kappa shape index (κ2) is 14.8. The molecule has 0 unspecified atom stereocenters. The number of rotatable bonds is 8. The van der Waals surface area contributed by atoms with Gasteiger partial charge in [-0.25, -0.2) is 24.3 Å². The smallest absolute Gasteiger partial charge is 0.164 e. The van der Waals surface area contributed by atoms with Crippen LogP contribution in [0.4, 0.5) is 4.39 Å². The number of nitrogens with zero attached hydrogens (tertiary/aromatic N) is 6. The van der Waals surface area contributed by atoms with E-state index in [-0.39, 0.29) is 5.82 Å². The molecular weight excluding hydrogens is 680 g/mol. The fourth-order valence-electron chi connectivity index (χ4n) is 6.44. The van der Waals surface area contributed by atoms with Gasteiger partial charge in [-0.1, -0.05) is 133 Å². The third kappa shape index (κ3) is 7.27. The van der Waals surface area contributed by atoms with E-state index in [2.05, 4.69) is 59.6 Å². The van der Waals surface area contributed by atoms with Crippen LogP contribution in [0.3, 0.4) is 0 Å². The SMILES string of the molecule is Fc1ccc(-c2cc(-c3ccccn3)nc(-c3ccc(-c4ccc(-c5ccc(-c6nc(-c7ccccc7)nc(-c7ccccc7)n6)cc5)cc4)cn3)c2)cc1. The van der Waals surface area contributed by atoms with Crippen molar-refractivity contribution in [1.82, 2.24) is 29.9 Å². The summed E-state index contributed by atoms with van der Waals surface area (Å²) in [5, 5.41) is 0. The molecule has 6 nitrogen and oxygen atoms in total. The van der Waals surface area contributed by atoms with Crippen LogP contribution in [-0.2, 0) is 0 Å². The van der Waals surface area contributed by atoms with Crippen molar-refractivity contribution in [3.05, 3.63) is 194 Å². The molecule has 0 bridgehead atoms. The predicted octanol–water partition coefficient (Wildman–Crippen LogP) is 11.5. The molecule has 0 aliphatic heterocycles. The summed E-state index contributed by atoms with van der Waals surface area (Å²) in [6.07, 6.45) is 3.61. The first kappa shape index (κ1) is 33.3. The molecule has 55 heavy (non-hydrogen) atoms. The zero-order chi connectivity index (χ0) is 37.0. The van der Waals surface area contributed by atoms with Crippen LogP contribution in [0.15, 0.2) is 188 Å². The minimum atomic E-state index is -0.280. The second-order valence-corrected chi connectivity index (χ2v) is 13.0. The molecule has 260 valence electrons. The van der Waals surface area contributed by atoms with Gasteiger partial charge in [-0.15, -0.1) is 0 Å². The van der Waals surface area contributed by atoms with Gasteiger partial charge in [-0.2, -0.15) is 0 Å². The summed E-state index contributed by atoms with van der Waals surface area (Å²) < 4.78 is 13.7. The number of pyridine rings is 3. The summed E-state index contributed by atoms with van der Waals surface area (Å²) in [6.45, 7) is 0. The molecule has 7 heteroatoms. The fourth-order valence-corrected chi connectivity index (χ4v) is 6.44. The zero-order valence-electron chi connectivity index (χ0n) is 29.5. The van der Waals surface area contributed by atoms with Gasteiger partial charge in [0.05, 0.1) is 22.8 Å². The standard InChI is InChI=1S/C48H31FN6/c49-41-25-22-35(23-26-41)40-29-44(42-13-7-8-28-50-42)52-45(30-40)43-27-24-39(31-51-43)34-16-14-32(15-17-34)33-18-20-38(21-19-33)48-54-46(36-9-3-1-4-10-36)53-47(55-48)37-11-5-2-6-12-37/h1-31H. The average Bonchev–Trinajstić information content (AvgIpc) is 3.27. The highest BCUT2D eigenvalue weighted by molar-refractivity contribution is 5.77. The Kier molecular flexibility index (Phi) is 9.00. The first-order chi connectivity index (χ1) is 27.1. The predicted molar refractivity (Wildman–Crippen MR) is 217 cm³/mol. The number of benzene rings is 5. The van der Waals surface area contributed by atoms with E-state index >= 15 is 0 Å². The number of aromatic nitrogens is 6. The monoisotopic (exact) mass is 710 g/mol. The number of halogens is 1. The van der Waals surface area contributed by atoms with E-state index < -0.39 is 0 Å². The normalized spacial score (nSPS) is 11.0. The number of hydrogen-bond acceptors (Lipinski definition) is 6. The molecule has 5 aromatic carbocycles. The van der Waals surface area contributed by atoms with Crippen molar-refractivity contribution >= 4 is 0 Å². The highest BCUT2D eigenvalue weighted by atomic mass is 19.1. The molecule has 9 aromatic rings. The van der Waals surface area contributed by atoms with Gasteiger partial charge >= 0.3 is 0 Å². The van der Waals surface area contributed by atoms with E-state index in [4.69, 9.17) is 24.9 Å². The van der Waals surface area contributed by atoms with E-state index in [1.54, 1.807) is 18.3 Å². The van der Waals surface area contributed by atoms with Crippen LogP contribution in [0.25, 0.3) is 90.3 Å². The lowest BCUT2D eigenvalue weighted by Gasteiger charge is -2.10. The molecule has 0 amide bonds. The topological polar surface area (TPSA) is 77.3 Å². The van der Waals surface area contributed by atoms with Crippen LogP contribution in [0.5, 0.6) is 0 Å². The highest BCUT2D eigenvalue weighted by Gasteiger charge is 2.14. The Hall–Kier alpha value is -7.51. The van der Waals surface area contributed by atoms with Crippen LogP contribution in [0.2, 0.25) is 0 Å². The Morgan fingerprint density at radius 1 is 0.291 bits per heavy atom. The minimum absolute atomic E-state index is 0.280. The van der Waals surface area contributed by atoms with Crippen molar-refractivity contribution in [3.63, 3.8) is 0 Å². The van der Waals surface area contributed by atoms with Crippen LogP contribution in [-0.4, -0.2) is 29.9 Å². The molecule has 0 radical (unpaired) electrons. The molecule has 0 saturated carbocycles. The van der Waals surface area contributed by atoms with Crippen molar-refractivity contribution in [2.75, 3.05) is 0 Å². The third-order valence-electron chi connectivity index (χ3n) is 9.35. The van der Waals surface area contributed by atoms with Crippen LogP contribution in [0.1, 0.15) is 0 Å². The van der Waals surface area contributed by atoms with Gasteiger partial charge in [0, 0.05) is 34.6 Å². The summed E-state index contributed by atoms with van der Waals surface area (Å²) in [5.41, 5.74) is 11.7. The molecular formula is C48H31FN6. The largest absolute Gasteiger partial charge is 0.255 e. The van der Waals surface area contributed by atoms with Gasteiger partial charge in [0.25, 0.3) is 0 Å². The molecule has 9 rings (SSSR count). The fraction of sp³-hybridized carbons (Fsp3) is 0. The lowest BCUT2D eigenvalue weighted by atomic mass is 9.99. The van der Waals surface area contributed by atoms with E-state index in [0.29, 0.717) is 28.9 Å². The maximum absolute atomic E-state index is 13.7. The lowest BCUT2D eigenvalue weighted by molar-refractivity contribution is 0.628. The van der Waals surface area contributed by atoms with Gasteiger partial charge < -0.3 is 0 Å². The average molecular weight is 711 g/mol. The van der Waals surface area contributed by atoms with Crippen LogP contribution in [0, 0.1) is 5.82 Å². The van der Waals surface area contributed by atoms with Gasteiger partial charge in [0.15, 0.2) is 17.5 Å². The van der Waals surface area contributed by atoms with Crippen LogP contribution >= 0.6 is 0 Å². The zero-order valence-corrected chi connectivity index (χ0v) is 29.5. The minimum Gasteiger partial charge on any atom is -0.255 e. The molecule has 0 fully saturated rings. The van der Waals surface area contributed by atoms with Crippen molar-refractivity contribution in [3.8, 4) is 90.3 Å². The summed E-state index contributed by atoms with van der Waals surface area (Å²) in [6, 6.07) is 56.9. The Labute approximate surface area is 317 Å². The van der Waals surface area contributed by atoms with Gasteiger partial charge in [0.2, 0.25) is 0 Å². The summed E-state index contributed by atoms with van der Waals surface area (Å²) in [4.78, 5) is 28.8. The summed E-state index contributed by atoms with van der Waals surface area (Å²) in [7, 11) is 0. The molecule has 0 spiro atoms. The number of hydrogen-bond donors (Lipinski definition) is 0. The molecule has 0 saturated heterocycles. The lowest BCUT2D eigenvalue weighted by Crippen LogP contribution is -2.00. The Morgan fingerprint density at radius 2 is 0.709 bits per heavy atom. The van der Waals surface area contributed by atoms with Gasteiger partial charge in [0.1, 0.15) is 5.82 Å². The quantitative estimate of drug-likeness (QED) is 0.156. The van der Waals surface area contributed by atoms with E-state index in [0.717, 1.165) is 61.5 Å². The first-order valence-electron chi connectivity index (χ1n) is 17.9. The summed E-state index contributed by atoms with van der Waals surface area (Å²) >= 11 is 0. The van der Waals surface area contributed by atoms with E-state index in [9.17, 15) is 4.39 Å². The van der Waals surface area contributed by atoms with E-state index in [1.165, 1.54) is 12.1 Å². The molecule has 4 heterocycles. The maximum Gasteiger partial charge on any atom is 0.164 e. The van der Waals surface area contributed by atoms with Gasteiger partial charge in [-0.3, -0.25) is 9.97 Å². The summed E-state index contributed by atoms with van der Waals surface area (Å²) in [5.74, 6) is 1.61. The first-order valence-corrected chi connectivity index (χ1v) is 17.9. The van der Waals surface area contributed by atoms with Crippen LogP contribution < -0.4 is 0 Å². The highest BCUT2D eigenvalue weighted by Crippen LogP contribution is 2.32. The van der Waals surface area contributed by atoms with Crippen molar-refractivity contribution < 1.29 is 4.39 Å². The molecule has 0 aliphatic rings. The van der Waals surface area contributed by atoms with E-state index in [1.807, 2.05) is 103 Å². The molecule has 0 N–H and O–H groups in total. The Morgan fingerprint density at radius 3 is 1.20 bits per heavy atom. The molecule has 4 aromatic heterocycles. The van der Waals surface area contributed by atoms with Crippen molar-refractivity contribution in [2.24, 2.45) is 0 Å². The Balaban J connectivity index is 0.968. The third-order valence-corrected chi connectivity index (χ3v) is 9.35. The molecule has 0 aliphatic carbocycles. The second-order valence-electron chi connectivity index (χ2n) is 13.0. The van der Waals surface area contributed by atoms with Gasteiger partial charge in [-0.05, 0) is 70.3 Å². The maximum atomic E-state index is 13.7. The molecule has 0 atom stereocenters. The van der Waals surface area contributed by atoms with Crippen molar-refractivity contribution in [1.29, 1.82) is 0 Å². The van der Waals surface area contributed by atoms with Crippen molar-refractivity contribution in [2.45, 2.75) is 0 Å².